The molecule has 1 aromatic heterocycles. The van der Waals surface area contributed by atoms with E-state index in [1.54, 1.807) is 42.5 Å². The summed E-state index contributed by atoms with van der Waals surface area (Å²) in [5.74, 6) is -2.62. The van der Waals surface area contributed by atoms with Crippen LogP contribution in [0.3, 0.4) is 0 Å². The van der Waals surface area contributed by atoms with Crippen molar-refractivity contribution >= 4 is 34.5 Å². The summed E-state index contributed by atoms with van der Waals surface area (Å²) in [5.41, 5.74) is 1.31. The van der Waals surface area contributed by atoms with Crippen LogP contribution in [0.25, 0.3) is 10.9 Å². The molecule has 1 heterocycles. The van der Waals surface area contributed by atoms with Gasteiger partial charge in [0.1, 0.15) is 17.6 Å². The Morgan fingerprint density at radius 1 is 1.08 bits per heavy atom. The number of ketones is 1. The van der Waals surface area contributed by atoms with E-state index in [2.05, 4.69) is 15.6 Å². The average Bonchev–Trinajstić information content (AvgIpc) is 3.56. The van der Waals surface area contributed by atoms with Gasteiger partial charge >= 0.3 is 5.97 Å². The largest absolute Gasteiger partial charge is 0.457 e. The van der Waals surface area contributed by atoms with Gasteiger partial charge in [0.2, 0.25) is 5.91 Å². The van der Waals surface area contributed by atoms with Gasteiger partial charge in [-0.25, -0.2) is 4.39 Å². The number of rotatable bonds is 11. The van der Waals surface area contributed by atoms with Gasteiger partial charge < -0.3 is 20.4 Å². The maximum absolute atomic E-state index is 13.5. The van der Waals surface area contributed by atoms with E-state index in [9.17, 15) is 23.6 Å². The fourth-order valence-corrected chi connectivity index (χ4v) is 4.79. The first kappa shape index (κ1) is 27.0. The molecule has 0 saturated heterocycles. The molecule has 3 aromatic rings. The van der Waals surface area contributed by atoms with Gasteiger partial charge in [-0.1, -0.05) is 56.5 Å². The molecule has 200 valence electrons. The van der Waals surface area contributed by atoms with Gasteiger partial charge in [-0.3, -0.25) is 19.2 Å². The van der Waals surface area contributed by atoms with E-state index in [1.807, 2.05) is 6.92 Å². The lowest BCUT2D eigenvalue weighted by atomic mass is 10.0. The molecule has 1 saturated carbocycles. The number of hydrogen-bond acceptors (Lipinski definition) is 5. The molecule has 0 unspecified atom stereocenters. The highest BCUT2D eigenvalue weighted by Gasteiger charge is 2.37. The molecule has 2 amide bonds. The number of Topliss-reactive ketones (excluding diaryl/α,β-unsaturated/α-hetero) is 1. The highest BCUT2D eigenvalue weighted by Crippen LogP contribution is 2.27. The van der Waals surface area contributed by atoms with Crippen LogP contribution in [0.4, 0.5) is 4.39 Å². The minimum atomic E-state index is -0.803. The van der Waals surface area contributed by atoms with Crippen molar-refractivity contribution < 1.29 is 28.3 Å². The first-order valence-corrected chi connectivity index (χ1v) is 13.0. The standard InChI is InChI=1S/C29H32FN3O5/c1-2-3-11-24(33-28(36)25-16-19-15-20(30)13-14-22(19)31-25)27(35)32-23-12-7-10-21(23)29(37)38-17-26(34)18-8-5-4-6-9-18/h4-6,8-9,13-16,21,23-24,31H,2-3,7,10-12,17H2,1H3,(H,32,35)(H,33,36)/t21-,23+,24+/m1/s1. The number of aromatic amines is 1. The molecule has 0 radical (unpaired) electrons. The number of esters is 1. The number of benzene rings is 2. The quantitative estimate of drug-likeness (QED) is 0.257. The number of amides is 2. The van der Waals surface area contributed by atoms with Crippen molar-refractivity contribution in [2.75, 3.05) is 6.61 Å². The van der Waals surface area contributed by atoms with Crippen LogP contribution in [-0.4, -0.2) is 47.2 Å². The molecule has 1 aliphatic rings. The van der Waals surface area contributed by atoms with Crippen molar-refractivity contribution in [1.82, 2.24) is 15.6 Å². The molecule has 4 rings (SSSR count). The van der Waals surface area contributed by atoms with Gasteiger partial charge in [0, 0.05) is 22.5 Å². The summed E-state index contributed by atoms with van der Waals surface area (Å²) in [7, 11) is 0. The molecule has 0 aliphatic heterocycles. The first-order valence-electron chi connectivity index (χ1n) is 13.0. The Morgan fingerprint density at radius 2 is 1.87 bits per heavy atom. The Hall–Kier alpha value is -4.01. The minimum Gasteiger partial charge on any atom is -0.457 e. The second-order valence-electron chi connectivity index (χ2n) is 9.63. The van der Waals surface area contributed by atoms with Crippen LogP contribution in [0.5, 0.6) is 0 Å². The summed E-state index contributed by atoms with van der Waals surface area (Å²) in [4.78, 5) is 54.2. The third kappa shape index (κ3) is 6.65. The summed E-state index contributed by atoms with van der Waals surface area (Å²) in [6.07, 6.45) is 3.85. The van der Waals surface area contributed by atoms with E-state index in [4.69, 9.17) is 4.74 Å². The topological polar surface area (TPSA) is 117 Å². The highest BCUT2D eigenvalue weighted by atomic mass is 19.1. The van der Waals surface area contributed by atoms with E-state index >= 15 is 0 Å². The lowest BCUT2D eigenvalue weighted by Gasteiger charge is -2.24. The number of unbranched alkanes of at least 4 members (excludes halogenated alkanes) is 1. The second kappa shape index (κ2) is 12.5. The van der Waals surface area contributed by atoms with Crippen LogP contribution in [0.2, 0.25) is 0 Å². The number of halogens is 1. The van der Waals surface area contributed by atoms with Crippen LogP contribution in [-0.2, 0) is 14.3 Å². The average molecular weight is 522 g/mol. The van der Waals surface area contributed by atoms with Crippen LogP contribution in [0, 0.1) is 11.7 Å². The summed E-state index contributed by atoms with van der Waals surface area (Å²) >= 11 is 0. The number of carbonyl (C=O) groups excluding carboxylic acids is 4. The maximum Gasteiger partial charge on any atom is 0.311 e. The predicted molar refractivity (Wildman–Crippen MR) is 140 cm³/mol. The van der Waals surface area contributed by atoms with Crippen molar-refractivity contribution in [3.05, 3.63) is 71.7 Å². The van der Waals surface area contributed by atoms with Crippen LogP contribution < -0.4 is 10.6 Å². The normalized spacial score (nSPS) is 17.6. The molecular weight excluding hydrogens is 489 g/mol. The number of H-pyrrole nitrogens is 1. The molecular formula is C29H32FN3O5. The predicted octanol–water partition coefficient (Wildman–Crippen LogP) is 4.31. The number of carbonyl (C=O) groups is 4. The molecule has 3 N–H and O–H groups in total. The number of ether oxygens (including phenoxy) is 1. The molecule has 0 bridgehead atoms. The Balaban J connectivity index is 1.36. The maximum atomic E-state index is 13.5. The van der Waals surface area contributed by atoms with Gasteiger partial charge in [0.25, 0.3) is 5.91 Å². The molecule has 38 heavy (non-hydrogen) atoms. The summed E-state index contributed by atoms with van der Waals surface area (Å²) in [6, 6.07) is 13.1. The number of fused-ring (bicyclic) bond motifs is 1. The second-order valence-corrected chi connectivity index (χ2v) is 9.63. The zero-order valence-corrected chi connectivity index (χ0v) is 21.3. The SMILES string of the molecule is CCCC[C@H](NC(=O)c1cc2cc(F)ccc2[nH]1)C(=O)N[C@H]1CCC[C@H]1C(=O)OCC(=O)c1ccccc1. The van der Waals surface area contributed by atoms with Gasteiger partial charge in [-0.2, -0.15) is 0 Å². The number of hydrogen-bond donors (Lipinski definition) is 3. The Labute approximate surface area is 220 Å². The lowest BCUT2D eigenvalue weighted by molar-refractivity contribution is -0.148. The third-order valence-electron chi connectivity index (χ3n) is 6.88. The molecule has 3 atom stereocenters. The molecule has 8 nitrogen and oxygen atoms in total. The lowest BCUT2D eigenvalue weighted by Crippen LogP contribution is -2.51. The van der Waals surface area contributed by atoms with Crippen molar-refractivity contribution in [2.24, 2.45) is 5.92 Å². The molecule has 2 aromatic carbocycles. The van der Waals surface area contributed by atoms with E-state index < -0.39 is 35.7 Å². The zero-order valence-electron chi connectivity index (χ0n) is 21.3. The van der Waals surface area contributed by atoms with Crippen LogP contribution in [0.15, 0.2) is 54.6 Å². The first-order chi connectivity index (χ1) is 18.4. The van der Waals surface area contributed by atoms with Crippen molar-refractivity contribution in [3.8, 4) is 0 Å². The summed E-state index contributed by atoms with van der Waals surface area (Å²) in [6.45, 7) is 1.63. The van der Waals surface area contributed by atoms with E-state index in [0.29, 0.717) is 42.1 Å². The summed E-state index contributed by atoms with van der Waals surface area (Å²) in [5, 5.41) is 6.27. The van der Waals surface area contributed by atoms with Crippen LogP contribution in [0.1, 0.15) is 66.3 Å². The van der Waals surface area contributed by atoms with Crippen LogP contribution >= 0.6 is 0 Å². The van der Waals surface area contributed by atoms with Gasteiger partial charge in [0.15, 0.2) is 12.4 Å². The minimum absolute atomic E-state index is 0.227. The third-order valence-corrected chi connectivity index (χ3v) is 6.88. The fraction of sp³-hybridized carbons (Fsp3) is 0.379. The fourth-order valence-electron chi connectivity index (χ4n) is 4.79. The zero-order chi connectivity index (χ0) is 27.1. The van der Waals surface area contributed by atoms with Crippen molar-refractivity contribution in [1.29, 1.82) is 0 Å². The van der Waals surface area contributed by atoms with E-state index in [-0.39, 0.29) is 24.0 Å². The number of aromatic nitrogens is 1. The van der Waals surface area contributed by atoms with E-state index in [1.165, 1.54) is 12.1 Å². The highest BCUT2D eigenvalue weighted by molar-refractivity contribution is 6.00. The smallest absolute Gasteiger partial charge is 0.311 e. The van der Waals surface area contributed by atoms with Gasteiger partial charge in [-0.05, 0) is 43.5 Å². The van der Waals surface area contributed by atoms with Crippen molar-refractivity contribution in [2.45, 2.75) is 57.5 Å². The molecule has 0 spiro atoms. The van der Waals surface area contributed by atoms with E-state index in [0.717, 1.165) is 12.8 Å². The van der Waals surface area contributed by atoms with Gasteiger partial charge in [-0.15, -0.1) is 0 Å². The Bertz CT molecular complexity index is 1310. The molecule has 9 heteroatoms. The van der Waals surface area contributed by atoms with Gasteiger partial charge in [0.05, 0.1) is 5.92 Å². The Kier molecular flexibility index (Phi) is 8.89. The molecule has 1 aliphatic carbocycles. The Morgan fingerprint density at radius 3 is 2.63 bits per heavy atom. The van der Waals surface area contributed by atoms with Crippen molar-refractivity contribution in [3.63, 3.8) is 0 Å². The monoisotopic (exact) mass is 521 g/mol. The summed E-state index contributed by atoms with van der Waals surface area (Å²) < 4.78 is 18.8. The molecule has 1 fully saturated rings. The number of nitrogens with one attached hydrogen (secondary N) is 3.